The zero-order chi connectivity index (χ0) is 12.0. The van der Waals surface area contributed by atoms with Gasteiger partial charge in [-0.25, -0.2) is 8.42 Å². The smallest absolute Gasteiger partial charge is 0.179 e. The van der Waals surface area contributed by atoms with Crippen molar-refractivity contribution in [3.8, 4) is 5.75 Å². The van der Waals surface area contributed by atoms with Gasteiger partial charge in [-0.2, -0.15) is 0 Å². The van der Waals surface area contributed by atoms with Crippen LogP contribution in [0.4, 0.5) is 0 Å². The van der Waals surface area contributed by atoms with Crippen molar-refractivity contribution in [3.05, 3.63) is 24.3 Å². The molecule has 90 valence electrons. The fourth-order valence-corrected chi connectivity index (χ4v) is 2.52. The summed E-state index contributed by atoms with van der Waals surface area (Å²) in [7, 11) is -1.44. The zero-order valence-corrected chi connectivity index (χ0v) is 10.4. The van der Waals surface area contributed by atoms with Crippen LogP contribution in [0.25, 0.3) is 0 Å². The van der Waals surface area contributed by atoms with Crippen LogP contribution in [0, 0.1) is 0 Å². The largest absolute Gasteiger partial charge is 0.494 e. The van der Waals surface area contributed by atoms with E-state index in [0.717, 1.165) is 0 Å². The first-order chi connectivity index (χ1) is 7.60. The molecule has 1 rings (SSSR count). The maximum atomic E-state index is 11.8. The zero-order valence-electron chi connectivity index (χ0n) is 9.56. The quantitative estimate of drug-likeness (QED) is 0.812. The van der Waals surface area contributed by atoms with Crippen molar-refractivity contribution in [3.63, 3.8) is 0 Å². The van der Waals surface area contributed by atoms with Crippen molar-refractivity contribution in [2.24, 2.45) is 0 Å². The highest BCUT2D eigenvalue weighted by Crippen LogP contribution is 2.16. The molecule has 16 heavy (non-hydrogen) atoms. The Hall–Kier alpha value is -1.07. The molecule has 0 atom stereocenters. The fraction of sp³-hybridized carbons (Fsp3) is 0.455. The summed E-state index contributed by atoms with van der Waals surface area (Å²) in [5, 5.41) is 2.82. The third-order valence-corrected chi connectivity index (χ3v) is 3.85. The average Bonchev–Trinajstić information content (AvgIpc) is 2.28. The van der Waals surface area contributed by atoms with Crippen LogP contribution in [-0.4, -0.2) is 34.4 Å². The summed E-state index contributed by atoms with van der Waals surface area (Å²) in [5.74, 6) is 0.798. The molecule has 1 N–H and O–H groups in total. The first-order valence-corrected chi connectivity index (χ1v) is 6.85. The molecule has 0 radical (unpaired) electrons. The lowest BCUT2D eigenvalue weighted by Gasteiger charge is -2.06. The van der Waals surface area contributed by atoms with Crippen LogP contribution >= 0.6 is 0 Å². The van der Waals surface area contributed by atoms with Gasteiger partial charge in [0.15, 0.2) is 9.84 Å². The van der Waals surface area contributed by atoms with Gasteiger partial charge >= 0.3 is 0 Å². The third-order valence-electron chi connectivity index (χ3n) is 2.11. The Morgan fingerprint density at radius 3 is 2.38 bits per heavy atom. The van der Waals surface area contributed by atoms with E-state index in [1.165, 1.54) is 0 Å². The normalized spacial score (nSPS) is 11.4. The molecule has 0 aliphatic heterocycles. The second-order valence-corrected chi connectivity index (χ2v) is 5.44. The Balaban J connectivity index is 2.80. The minimum Gasteiger partial charge on any atom is -0.494 e. The molecule has 0 saturated heterocycles. The molecule has 0 aromatic heterocycles. The van der Waals surface area contributed by atoms with Crippen LogP contribution in [0.3, 0.4) is 0 Å². The maximum Gasteiger partial charge on any atom is 0.179 e. The molecule has 0 saturated carbocycles. The highest BCUT2D eigenvalue weighted by atomic mass is 32.2. The SMILES string of the molecule is CCOc1ccc(S(=O)(=O)CCNC)cc1. The lowest BCUT2D eigenvalue weighted by Crippen LogP contribution is -2.19. The first kappa shape index (κ1) is 13.0. The van der Waals surface area contributed by atoms with E-state index in [9.17, 15) is 8.42 Å². The number of rotatable bonds is 6. The third kappa shape index (κ3) is 3.50. The second kappa shape index (κ2) is 5.86. The Labute approximate surface area is 96.5 Å². The van der Waals surface area contributed by atoms with E-state index < -0.39 is 9.84 Å². The van der Waals surface area contributed by atoms with E-state index in [1.807, 2.05) is 6.92 Å². The first-order valence-electron chi connectivity index (χ1n) is 5.20. The van der Waals surface area contributed by atoms with Gasteiger partial charge in [-0.3, -0.25) is 0 Å². The van der Waals surface area contributed by atoms with Gasteiger partial charge in [0.1, 0.15) is 5.75 Å². The summed E-state index contributed by atoms with van der Waals surface area (Å²) in [6.07, 6.45) is 0. The lowest BCUT2D eigenvalue weighted by molar-refractivity contribution is 0.340. The van der Waals surface area contributed by atoms with Crippen molar-refractivity contribution >= 4 is 9.84 Å². The highest BCUT2D eigenvalue weighted by Gasteiger charge is 2.13. The molecule has 0 aliphatic rings. The van der Waals surface area contributed by atoms with Crippen molar-refractivity contribution in [2.75, 3.05) is 26.0 Å². The van der Waals surface area contributed by atoms with Crippen LogP contribution in [0.1, 0.15) is 6.92 Å². The van der Waals surface area contributed by atoms with Gasteiger partial charge in [-0.1, -0.05) is 0 Å². The predicted molar refractivity (Wildman–Crippen MR) is 63.6 cm³/mol. The van der Waals surface area contributed by atoms with Crippen molar-refractivity contribution < 1.29 is 13.2 Å². The minimum absolute atomic E-state index is 0.109. The highest BCUT2D eigenvalue weighted by molar-refractivity contribution is 7.91. The molecular weight excluding hydrogens is 226 g/mol. The van der Waals surface area contributed by atoms with E-state index in [-0.39, 0.29) is 5.75 Å². The Morgan fingerprint density at radius 1 is 1.25 bits per heavy atom. The Bertz CT molecular complexity index is 411. The van der Waals surface area contributed by atoms with Crippen molar-refractivity contribution in [2.45, 2.75) is 11.8 Å². The summed E-state index contributed by atoms with van der Waals surface area (Å²) < 4.78 is 28.8. The van der Waals surface area contributed by atoms with E-state index in [2.05, 4.69) is 5.32 Å². The molecule has 4 nitrogen and oxygen atoms in total. The molecule has 1 aromatic rings. The van der Waals surface area contributed by atoms with Gasteiger partial charge in [0.25, 0.3) is 0 Å². The standard InChI is InChI=1S/C11H17NO3S/c1-3-15-10-4-6-11(7-5-10)16(13,14)9-8-12-2/h4-7,12H,3,8-9H2,1-2H3. The molecule has 0 fully saturated rings. The summed E-state index contributed by atoms with van der Waals surface area (Å²) in [6, 6.07) is 6.51. The number of sulfone groups is 1. The number of nitrogens with one attached hydrogen (secondary N) is 1. The average molecular weight is 243 g/mol. The Kier molecular flexibility index (Phi) is 4.76. The van der Waals surface area contributed by atoms with Crippen LogP contribution < -0.4 is 10.1 Å². The van der Waals surface area contributed by atoms with Gasteiger partial charge in [0, 0.05) is 6.54 Å². The molecule has 0 aliphatic carbocycles. The molecule has 0 bridgehead atoms. The Morgan fingerprint density at radius 2 is 1.88 bits per heavy atom. The van der Waals surface area contributed by atoms with Crippen molar-refractivity contribution in [1.29, 1.82) is 0 Å². The van der Waals surface area contributed by atoms with Crippen LogP contribution in [-0.2, 0) is 9.84 Å². The van der Waals surface area contributed by atoms with E-state index in [0.29, 0.717) is 23.8 Å². The topological polar surface area (TPSA) is 55.4 Å². The van der Waals surface area contributed by atoms with Gasteiger partial charge < -0.3 is 10.1 Å². The number of hydrogen-bond donors (Lipinski definition) is 1. The molecule has 0 unspecified atom stereocenters. The van der Waals surface area contributed by atoms with Crippen LogP contribution in [0.15, 0.2) is 29.2 Å². The van der Waals surface area contributed by atoms with Gasteiger partial charge in [-0.05, 0) is 38.2 Å². The molecule has 0 heterocycles. The monoisotopic (exact) mass is 243 g/mol. The summed E-state index contributed by atoms with van der Waals surface area (Å²) in [6.45, 7) is 2.92. The van der Waals surface area contributed by atoms with E-state index in [4.69, 9.17) is 4.74 Å². The number of hydrogen-bond acceptors (Lipinski definition) is 4. The summed E-state index contributed by atoms with van der Waals surface area (Å²) in [5.41, 5.74) is 0. The fourth-order valence-electron chi connectivity index (χ4n) is 1.26. The lowest BCUT2D eigenvalue weighted by atomic mass is 10.3. The maximum absolute atomic E-state index is 11.8. The van der Waals surface area contributed by atoms with E-state index in [1.54, 1.807) is 31.3 Å². The number of ether oxygens (including phenoxy) is 1. The summed E-state index contributed by atoms with van der Waals surface area (Å²) in [4.78, 5) is 0.339. The van der Waals surface area contributed by atoms with Crippen molar-refractivity contribution in [1.82, 2.24) is 5.32 Å². The van der Waals surface area contributed by atoms with Crippen LogP contribution in [0.2, 0.25) is 0 Å². The molecule has 0 spiro atoms. The molecule has 5 heteroatoms. The molecule has 1 aromatic carbocycles. The van der Waals surface area contributed by atoms with Crippen LogP contribution in [0.5, 0.6) is 5.75 Å². The van der Waals surface area contributed by atoms with Gasteiger partial charge in [-0.15, -0.1) is 0 Å². The molecule has 0 amide bonds. The summed E-state index contributed by atoms with van der Waals surface area (Å²) >= 11 is 0. The minimum atomic E-state index is -3.17. The van der Waals surface area contributed by atoms with Gasteiger partial charge in [0.2, 0.25) is 0 Å². The predicted octanol–water partition coefficient (Wildman–Crippen LogP) is 1.08. The number of benzene rings is 1. The molecular formula is C11H17NO3S. The van der Waals surface area contributed by atoms with Gasteiger partial charge in [0.05, 0.1) is 17.3 Å². The second-order valence-electron chi connectivity index (χ2n) is 3.33. The van der Waals surface area contributed by atoms with E-state index >= 15 is 0 Å².